The summed E-state index contributed by atoms with van der Waals surface area (Å²) in [5.41, 5.74) is 20.3. The molecule has 0 aliphatic heterocycles. The highest BCUT2D eigenvalue weighted by atomic mass is 79.9. The van der Waals surface area contributed by atoms with Gasteiger partial charge in [0, 0.05) is 95.9 Å². The Kier molecular flexibility index (Phi) is 42.2. The first-order valence-corrected chi connectivity index (χ1v) is 49.5. The molecule has 5 aliphatic rings. The van der Waals surface area contributed by atoms with E-state index in [-0.39, 0.29) is 75.4 Å². The maximum absolute atomic E-state index is 11.1. The van der Waals surface area contributed by atoms with Crippen LogP contribution in [0.25, 0.3) is 0 Å². The summed E-state index contributed by atoms with van der Waals surface area (Å²) >= 11 is 3.50. The third kappa shape index (κ3) is 33.4. The molecule has 20 N–H and O–H groups in total. The Bertz CT molecular complexity index is 6800. The normalized spacial score (nSPS) is 14.2. The summed E-state index contributed by atoms with van der Waals surface area (Å²) in [5, 5.41) is 147. The second kappa shape index (κ2) is 55.9. The standard InChI is InChI=1S/C15H16N2O2.C13H12BrNO2.2C13H14N2O2.C11H10N2O3.C10H14N2O2.C9H12N2O2.2C8H10N2O2.C7H10N2O2/c18-15(19)14-12-8-4-7-11(13(12)16-17-14)9-10-5-2-1-3-6-10;14-11-4-2-1-3-10(11)6-5-9-7-12(13(16)17)15-8-9;1-9(10-5-3-2-4-6-10)7-11-8-12(13(16)17)15-14-11;1-9(7-10-5-3-2-4-6-10)11-8-12(13(16)17)15-14-11;14-11(15)10-6-8(12-13-10)7-16-9-4-2-1-3-5-9;13-10(14)9-7-5-3-1-2-4-6-8(7)11-12-9;1-5-2-3-7-6(4-5)8(9(12)13)11-10-7;2*11-8(12)7-5-3-1-2-4-6(5)9-10-7;1-4(2)5-3-6(7(10)11)9-8-5/h1-3,5-6,11H,4,7-9H2,(H,16,17)(H,18,19);1-4,7-8,15H,5-6H2,(H,16,17);2*2-6,8-9H,7H2,1H3,(H,14,15)(H,16,17);1-6H,7H2,(H,12,13)(H,14,15);1-6H2,(H,11,12)(H,13,14);5H,2-4H2,1H3,(H,10,11)(H,12,13);2*1-4H2,(H,9,10)(H,11,12);3-4H,1-2H3,(H,8,9)(H,10,11). The average molecular weight is 2090 g/mol. The van der Waals surface area contributed by atoms with Crippen LogP contribution in [-0.2, 0) is 96.5 Å². The van der Waals surface area contributed by atoms with Crippen LogP contribution >= 0.6 is 15.9 Å². The Hall–Kier alpha value is -16.8. The lowest BCUT2D eigenvalue weighted by Crippen LogP contribution is -2.13. The average Bonchev–Trinajstić information content (AvgIpc) is 1.65. The molecule has 10 aromatic heterocycles. The number of rotatable bonds is 25. The van der Waals surface area contributed by atoms with E-state index in [1.54, 1.807) is 30.5 Å². The van der Waals surface area contributed by atoms with Crippen molar-refractivity contribution >= 4 is 75.6 Å². The lowest BCUT2D eigenvalue weighted by atomic mass is 9.83. The zero-order chi connectivity index (χ0) is 106. The molecule has 40 nitrogen and oxygen atoms in total. The molecular weight excluding hydrogens is 1970 g/mol. The number of H-pyrrole nitrogens is 10. The van der Waals surface area contributed by atoms with Crippen LogP contribution in [0.2, 0.25) is 0 Å². The predicted molar refractivity (Wildman–Crippen MR) is 547 cm³/mol. The largest absolute Gasteiger partial charge is 0.487 e. The molecule has 0 saturated heterocycles. The molecule has 0 bridgehead atoms. The Morgan fingerprint density at radius 2 is 0.770 bits per heavy atom. The van der Waals surface area contributed by atoms with Gasteiger partial charge in [-0.25, -0.2) is 47.9 Å². The highest BCUT2D eigenvalue weighted by Gasteiger charge is 2.30. The van der Waals surface area contributed by atoms with Crippen molar-refractivity contribution in [1.82, 2.24) is 96.8 Å². The van der Waals surface area contributed by atoms with E-state index in [2.05, 4.69) is 169 Å². The minimum absolute atomic E-state index is 0.00772. The Balaban J connectivity index is 0.000000157. The number of para-hydroxylation sites is 1. The van der Waals surface area contributed by atoms with Crippen LogP contribution in [0.1, 0.15) is 341 Å². The molecule has 0 amide bonds. The maximum Gasteiger partial charge on any atom is 0.356 e. The zero-order valence-corrected chi connectivity index (χ0v) is 84.0. The molecule has 0 saturated carbocycles. The van der Waals surface area contributed by atoms with Crippen LogP contribution in [0.15, 0.2) is 187 Å². The van der Waals surface area contributed by atoms with Crippen molar-refractivity contribution in [1.29, 1.82) is 0 Å². The van der Waals surface area contributed by atoms with Gasteiger partial charge in [0.05, 0.1) is 5.69 Å². The van der Waals surface area contributed by atoms with Crippen molar-refractivity contribution in [2.75, 3.05) is 0 Å². The monoisotopic (exact) mass is 2090 g/mol. The van der Waals surface area contributed by atoms with Gasteiger partial charge in [0.25, 0.3) is 0 Å². The van der Waals surface area contributed by atoms with E-state index < -0.39 is 59.7 Å². The molecule has 5 aliphatic carbocycles. The van der Waals surface area contributed by atoms with Crippen molar-refractivity contribution in [3.05, 3.63) is 350 Å². The zero-order valence-electron chi connectivity index (χ0n) is 82.5. The number of ether oxygens (including phenoxy) is 1. The number of carbonyl (C=O) groups is 10. The van der Waals surface area contributed by atoms with Gasteiger partial charge in [-0.15, -0.1) is 0 Å². The predicted octanol–water partition coefficient (Wildman–Crippen LogP) is 18.8. The molecule has 148 heavy (non-hydrogen) atoms. The summed E-state index contributed by atoms with van der Waals surface area (Å²) in [7, 11) is 0. The fraction of sp³-hybridized carbons (Fsp3) is 0.336. The summed E-state index contributed by atoms with van der Waals surface area (Å²) in [6, 6.07) is 55.7. The second-order valence-corrected chi connectivity index (χ2v) is 37.3. The first-order valence-electron chi connectivity index (χ1n) is 48.7. The number of fused-ring (bicyclic) bond motifs is 5. The summed E-state index contributed by atoms with van der Waals surface area (Å²) in [6.45, 7) is 10.5. The van der Waals surface area contributed by atoms with Gasteiger partial charge < -0.3 is 60.8 Å². The Morgan fingerprint density at radius 1 is 0.358 bits per heavy atom. The van der Waals surface area contributed by atoms with Crippen molar-refractivity contribution in [3.63, 3.8) is 0 Å². The van der Waals surface area contributed by atoms with Gasteiger partial charge in [-0.3, -0.25) is 45.9 Å². The number of aryl methyl sites for hydroxylation is 6. The van der Waals surface area contributed by atoms with Crippen LogP contribution in [0.5, 0.6) is 5.75 Å². The number of carboxylic acids is 10. The second-order valence-electron chi connectivity index (χ2n) is 36.4. The number of nitrogens with zero attached hydrogens (tertiary/aromatic N) is 9. The van der Waals surface area contributed by atoms with Crippen LogP contribution in [0.4, 0.5) is 0 Å². The van der Waals surface area contributed by atoms with Gasteiger partial charge in [0.1, 0.15) is 18.1 Å². The molecule has 10 heterocycles. The third-order valence-electron chi connectivity index (χ3n) is 25.2. The highest BCUT2D eigenvalue weighted by Crippen LogP contribution is 2.36. The lowest BCUT2D eigenvalue weighted by Gasteiger charge is -2.22. The van der Waals surface area contributed by atoms with Crippen molar-refractivity contribution in [3.8, 4) is 5.75 Å². The number of hydrogen-bond acceptors (Lipinski definition) is 20. The van der Waals surface area contributed by atoms with Crippen molar-refractivity contribution in [2.45, 2.75) is 225 Å². The molecule has 0 radical (unpaired) electrons. The fourth-order valence-corrected chi connectivity index (χ4v) is 17.8. The highest BCUT2D eigenvalue weighted by molar-refractivity contribution is 9.10. The van der Waals surface area contributed by atoms with Gasteiger partial charge in [0.15, 0.2) is 51.2 Å². The molecular formula is C107H122BrN19O21. The molecule has 4 unspecified atom stereocenters. The van der Waals surface area contributed by atoms with Gasteiger partial charge in [-0.05, 0) is 242 Å². The van der Waals surface area contributed by atoms with Crippen molar-refractivity contribution < 1.29 is 104 Å². The molecule has 4 atom stereocenters. The molecule has 778 valence electrons. The fourth-order valence-electron chi connectivity index (χ4n) is 17.3. The minimum Gasteiger partial charge on any atom is -0.487 e. The minimum atomic E-state index is -1.05. The number of aromatic nitrogens is 19. The number of benzene rings is 5. The van der Waals surface area contributed by atoms with E-state index in [1.165, 1.54) is 41.2 Å². The van der Waals surface area contributed by atoms with Crippen LogP contribution in [-0.4, -0.2) is 208 Å². The van der Waals surface area contributed by atoms with E-state index in [9.17, 15) is 47.9 Å². The summed E-state index contributed by atoms with van der Waals surface area (Å²) in [4.78, 5) is 110. The number of carboxylic acid groups (broad SMARTS) is 10. The van der Waals surface area contributed by atoms with E-state index in [0.29, 0.717) is 23.4 Å². The van der Waals surface area contributed by atoms with E-state index in [0.717, 1.165) is 237 Å². The van der Waals surface area contributed by atoms with Crippen LogP contribution < -0.4 is 4.74 Å². The topological polar surface area (TPSA) is 656 Å². The number of aromatic amines is 10. The van der Waals surface area contributed by atoms with Gasteiger partial charge >= 0.3 is 59.7 Å². The summed E-state index contributed by atoms with van der Waals surface area (Å²) < 4.78 is 6.51. The van der Waals surface area contributed by atoms with E-state index in [4.69, 9.17) is 55.8 Å². The van der Waals surface area contributed by atoms with E-state index in [1.807, 2.05) is 124 Å². The Labute approximate surface area is 858 Å². The quantitative estimate of drug-likeness (QED) is 0.0253. The molecule has 0 fully saturated rings. The van der Waals surface area contributed by atoms with Gasteiger partial charge in [-0.2, -0.15) is 45.9 Å². The summed E-state index contributed by atoms with van der Waals surface area (Å²) in [6.07, 6.45) is 26.3. The molecule has 41 heteroatoms. The van der Waals surface area contributed by atoms with Gasteiger partial charge in [0.2, 0.25) is 0 Å². The number of halogens is 1. The molecule has 0 spiro atoms. The number of nitrogens with one attached hydrogen (secondary N) is 10. The molecule has 20 rings (SSSR count). The summed E-state index contributed by atoms with van der Waals surface area (Å²) in [5.74, 6) is -7.08. The Morgan fingerprint density at radius 3 is 1.25 bits per heavy atom. The van der Waals surface area contributed by atoms with Gasteiger partial charge in [-0.1, -0.05) is 191 Å². The van der Waals surface area contributed by atoms with Crippen molar-refractivity contribution in [2.24, 2.45) is 5.92 Å². The number of hydrogen-bond donors (Lipinski definition) is 20. The maximum atomic E-state index is 11.1. The van der Waals surface area contributed by atoms with Crippen LogP contribution in [0, 0.1) is 5.92 Å². The SMILES string of the molecule is CC(C)c1cc(C(=O)O)n[nH]1.CC(Cc1cc(C(=O)O)n[nH]1)c1ccccc1.CC(Cc1ccccc1)c1cc(C(=O)O)n[nH]1.CC1CCc2[nH]nc(C(=O)O)c2C1.O=C(O)c1cc(CCc2ccccc2Br)c[nH]1.O=C(O)c1cc(COc2ccccc2)[nH]n1.O=C(O)c1n[nH]c2c1CCCC2.O=C(O)c1n[nH]c2c1CCCC2.O=C(O)c1n[nH]c2c1CCCC2Cc1ccccc1.O=C(O)c1n[nH]c2c1CCCCCC2. The molecule has 5 aromatic carbocycles. The van der Waals surface area contributed by atoms with Crippen LogP contribution in [0.3, 0.4) is 0 Å². The number of aromatic carboxylic acids is 10. The first-order chi connectivity index (χ1) is 71.2. The van der Waals surface area contributed by atoms with E-state index >= 15 is 0 Å². The molecule has 15 aromatic rings. The third-order valence-corrected chi connectivity index (χ3v) is 26.0. The smallest absolute Gasteiger partial charge is 0.356 e. The lowest BCUT2D eigenvalue weighted by molar-refractivity contribution is 0.0678. The first kappa shape index (κ1) is 112.